The first kappa shape index (κ1) is 31.4. The highest BCUT2D eigenvalue weighted by Gasteiger charge is 2.12. The molecule has 0 aliphatic rings. The molecule has 2 heterocycles. The lowest BCUT2D eigenvalue weighted by atomic mass is 9.99. The van der Waals surface area contributed by atoms with Crippen LogP contribution in [0.25, 0.3) is 21.8 Å². The van der Waals surface area contributed by atoms with Gasteiger partial charge in [-0.25, -0.2) is 4.98 Å². The first-order valence-electron chi connectivity index (χ1n) is 13.8. The molecule has 2 aromatic carbocycles. The van der Waals surface area contributed by atoms with E-state index < -0.39 is 7.60 Å². The molecule has 42 heavy (non-hydrogen) atoms. The topological polar surface area (TPSA) is 157 Å². The monoisotopic (exact) mass is 595 g/mol. The highest BCUT2D eigenvalue weighted by molar-refractivity contribution is 7.51. The van der Waals surface area contributed by atoms with Gasteiger partial charge in [0.25, 0.3) is 0 Å². The number of aromatic nitrogens is 2. The van der Waals surface area contributed by atoms with Gasteiger partial charge in [-0.3, -0.25) is 9.55 Å². The Labute approximate surface area is 245 Å². The Morgan fingerprint density at radius 1 is 0.929 bits per heavy atom. The van der Waals surface area contributed by atoms with Gasteiger partial charge in [0.2, 0.25) is 0 Å². The molecule has 0 unspecified atom stereocenters. The van der Waals surface area contributed by atoms with Crippen LogP contribution in [0.2, 0.25) is 0 Å². The molecule has 0 aliphatic heterocycles. The van der Waals surface area contributed by atoms with E-state index in [0.717, 1.165) is 51.6 Å². The Balaban J connectivity index is 1.30. The van der Waals surface area contributed by atoms with Gasteiger partial charge in [-0.05, 0) is 72.7 Å². The molecule has 0 bridgehead atoms. The molecular weight excluding hydrogens is 557 g/mol. The fourth-order valence-electron chi connectivity index (χ4n) is 4.62. The van der Waals surface area contributed by atoms with Crippen molar-refractivity contribution >= 4 is 35.2 Å². The van der Waals surface area contributed by atoms with Crippen molar-refractivity contribution in [3.8, 4) is 5.75 Å². The second kappa shape index (κ2) is 14.6. The number of hydrogen-bond donors (Lipinski definition) is 4. The summed E-state index contributed by atoms with van der Waals surface area (Å²) < 4.78 is 27.2. The number of aliphatic hydroxyl groups is 1. The number of pyridine rings is 2. The smallest absolute Gasteiger partial charge is 0.327 e. The third kappa shape index (κ3) is 9.24. The van der Waals surface area contributed by atoms with Crippen molar-refractivity contribution in [3.63, 3.8) is 0 Å². The number of benzene rings is 2. The van der Waals surface area contributed by atoms with Gasteiger partial charge in [0, 0.05) is 23.4 Å². The van der Waals surface area contributed by atoms with Crippen LogP contribution in [0.3, 0.4) is 0 Å². The third-order valence-electron chi connectivity index (χ3n) is 6.87. The number of hydrogen-bond acceptors (Lipinski definition) is 8. The summed E-state index contributed by atoms with van der Waals surface area (Å²) >= 11 is 0. The number of allylic oxidation sites excluding steroid dienone is 1. The zero-order valence-corrected chi connectivity index (χ0v) is 24.7. The quantitative estimate of drug-likeness (QED) is 0.0598. The van der Waals surface area contributed by atoms with E-state index in [4.69, 9.17) is 29.7 Å². The summed E-state index contributed by atoms with van der Waals surface area (Å²) in [4.78, 5) is 26.8. The number of aliphatic hydroxyl groups excluding tert-OH is 1. The van der Waals surface area contributed by atoms with Gasteiger partial charge in [0.1, 0.15) is 17.9 Å². The number of aryl methyl sites for hydroxylation is 4. The average molecular weight is 596 g/mol. The molecule has 4 aromatic rings. The van der Waals surface area contributed by atoms with E-state index in [1.54, 1.807) is 0 Å². The predicted octanol–water partition coefficient (Wildman–Crippen LogP) is 5.05. The van der Waals surface area contributed by atoms with Gasteiger partial charge >= 0.3 is 7.60 Å². The molecular formula is C31H38N3O7P. The Kier molecular flexibility index (Phi) is 10.9. The summed E-state index contributed by atoms with van der Waals surface area (Å²) in [6.45, 7) is 6.98. The minimum absolute atomic E-state index is 0.000945. The van der Waals surface area contributed by atoms with Crippen LogP contribution in [0, 0.1) is 6.92 Å². The minimum atomic E-state index is -4.02. The van der Waals surface area contributed by atoms with E-state index in [2.05, 4.69) is 35.6 Å². The molecule has 4 rings (SSSR count). The number of rotatable bonds is 16. The van der Waals surface area contributed by atoms with Crippen LogP contribution >= 0.6 is 7.60 Å². The second-order valence-electron chi connectivity index (χ2n) is 10.2. The highest BCUT2D eigenvalue weighted by atomic mass is 31.2. The number of fused-ring (bicyclic) bond motifs is 3. The van der Waals surface area contributed by atoms with E-state index >= 15 is 0 Å². The first-order valence-corrected chi connectivity index (χ1v) is 15.6. The van der Waals surface area contributed by atoms with E-state index in [0.29, 0.717) is 44.0 Å². The number of nitrogens with two attached hydrogens (primary N) is 1. The summed E-state index contributed by atoms with van der Waals surface area (Å²) in [5.74, 6) is 1.33. The van der Waals surface area contributed by atoms with Crippen LogP contribution in [-0.4, -0.2) is 64.1 Å². The minimum Gasteiger partial charge on any atom is -0.513 e. The molecule has 0 fully saturated rings. The Hall–Kier alpha value is -3.53. The van der Waals surface area contributed by atoms with Gasteiger partial charge in [0.15, 0.2) is 5.82 Å². The summed E-state index contributed by atoms with van der Waals surface area (Å²) in [5.41, 5.74) is 12.3. The molecule has 0 radical (unpaired) electrons. The number of anilines is 1. The van der Waals surface area contributed by atoms with Gasteiger partial charge in [0.05, 0.1) is 43.9 Å². The van der Waals surface area contributed by atoms with E-state index in [9.17, 15) is 9.67 Å². The first-order chi connectivity index (χ1) is 20.1. The molecule has 5 N–H and O–H groups in total. The molecule has 0 saturated heterocycles. The van der Waals surface area contributed by atoms with Crippen molar-refractivity contribution in [2.45, 2.75) is 32.6 Å². The number of nitrogens with zero attached hydrogens (tertiary/aromatic N) is 2. The molecule has 224 valence electrons. The fourth-order valence-corrected chi connectivity index (χ4v) is 4.99. The van der Waals surface area contributed by atoms with Crippen molar-refractivity contribution in [1.82, 2.24) is 9.97 Å². The lowest BCUT2D eigenvalue weighted by molar-refractivity contribution is 0.0402. The maximum Gasteiger partial charge on any atom is 0.327 e. The van der Waals surface area contributed by atoms with Crippen LogP contribution in [0.4, 0.5) is 5.82 Å². The van der Waals surface area contributed by atoms with Gasteiger partial charge in [-0.2, -0.15) is 0 Å². The summed E-state index contributed by atoms with van der Waals surface area (Å²) in [6, 6.07) is 14.3. The van der Waals surface area contributed by atoms with Gasteiger partial charge < -0.3 is 34.8 Å². The molecule has 0 saturated carbocycles. The lowest BCUT2D eigenvalue weighted by Gasteiger charge is -2.12. The standard InChI is InChI=1S/C31H38N3O7P/c1-21-17-26(41-14-13-39-11-12-40-15-16-42(36,37)38)9-8-25(21)7-5-24-18-28-27-10-6-23(4-3-22(2)35)19-29(27)34-31(32)30(28)33-20-24/h6,8-10,17-20,35H,2-5,7,11-16H2,1H3,(H2,32,34)(H2,36,37,38). The SMILES string of the molecule is C=C(O)CCc1ccc2c(c1)nc(N)c1ncc(CCc3ccc(OCCOCCOCCP(=O)(O)O)cc3C)cc12. The van der Waals surface area contributed by atoms with Crippen molar-refractivity contribution in [2.75, 3.05) is 44.9 Å². The number of ether oxygens (including phenoxy) is 3. The van der Waals surface area contributed by atoms with Crippen LogP contribution in [0.5, 0.6) is 5.75 Å². The Morgan fingerprint density at radius 2 is 1.69 bits per heavy atom. The van der Waals surface area contributed by atoms with E-state index in [1.165, 1.54) is 5.56 Å². The predicted molar refractivity (Wildman–Crippen MR) is 164 cm³/mol. The largest absolute Gasteiger partial charge is 0.513 e. The lowest BCUT2D eigenvalue weighted by Crippen LogP contribution is -2.12. The second-order valence-corrected chi connectivity index (χ2v) is 12.0. The average Bonchev–Trinajstić information content (AvgIpc) is 2.94. The van der Waals surface area contributed by atoms with Crippen molar-refractivity contribution in [3.05, 3.63) is 83.3 Å². The summed E-state index contributed by atoms with van der Waals surface area (Å²) in [6.07, 6.45) is 4.42. The van der Waals surface area contributed by atoms with Crippen LogP contribution in [0.15, 0.2) is 61.0 Å². The zero-order chi connectivity index (χ0) is 30.1. The Bertz CT molecular complexity index is 1590. The van der Waals surface area contributed by atoms with Gasteiger partial charge in [-0.15, -0.1) is 0 Å². The highest BCUT2D eigenvalue weighted by Crippen LogP contribution is 2.33. The zero-order valence-electron chi connectivity index (χ0n) is 23.8. The maximum absolute atomic E-state index is 10.8. The fraction of sp³-hybridized carbons (Fsp3) is 0.355. The molecule has 0 spiro atoms. The van der Waals surface area contributed by atoms with E-state index in [1.807, 2.05) is 36.5 Å². The van der Waals surface area contributed by atoms with Crippen molar-refractivity contribution in [2.24, 2.45) is 0 Å². The molecule has 0 aliphatic carbocycles. The number of nitrogen functional groups attached to an aromatic ring is 1. The van der Waals surface area contributed by atoms with E-state index in [-0.39, 0.29) is 25.1 Å². The van der Waals surface area contributed by atoms with Crippen LogP contribution in [0.1, 0.15) is 28.7 Å². The molecule has 0 atom stereocenters. The molecule has 11 heteroatoms. The normalized spacial score (nSPS) is 11.8. The van der Waals surface area contributed by atoms with Crippen LogP contribution < -0.4 is 10.5 Å². The molecule has 2 aromatic heterocycles. The Morgan fingerprint density at radius 3 is 2.43 bits per heavy atom. The van der Waals surface area contributed by atoms with Crippen LogP contribution in [-0.2, 0) is 33.3 Å². The van der Waals surface area contributed by atoms with Crippen molar-refractivity contribution in [1.29, 1.82) is 0 Å². The summed E-state index contributed by atoms with van der Waals surface area (Å²) in [5, 5.41) is 11.4. The molecule has 0 amide bonds. The maximum atomic E-state index is 10.8. The third-order valence-corrected chi connectivity index (χ3v) is 7.64. The van der Waals surface area contributed by atoms with Crippen molar-refractivity contribution < 1.29 is 33.7 Å². The molecule has 10 nitrogen and oxygen atoms in total. The summed E-state index contributed by atoms with van der Waals surface area (Å²) in [7, 11) is -4.02. The van der Waals surface area contributed by atoms with Gasteiger partial charge in [-0.1, -0.05) is 24.8 Å².